The number of hydrogen-bond acceptors (Lipinski definition) is 8. The molecule has 0 atom stereocenters. The number of ether oxygens (including phenoxy) is 2. The molecule has 0 aliphatic carbocycles. The summed E-state index contributed by atoms with van der Waals surface area (Å²) < 4.78 is 12.7. The molecule has 0 radical (unpaired) electrons. The lowest BCUT2D eigenvalue weighted by Gasteiger charge is -2.13. The van der Waals surface area contributed by atoms with Crippen molar-refractivity contribution in [3.63, 3.8) is 0 Å². The molecule has 0 unspecified atom stereocenters. The number of thiazole rings is 1. The second-order valence-corrected chi connectivity index (χ2v) is 6.84. The van der Waals surface area contributed by atoms with Gasteiger partial charge < -0.3 is 9.47 Å². The first-order chi connectivity index (χ1) is 13.4. The number of anilines is 1. The van der Waals surface area contributed by atoms with E-state index >= 15 is 0 Å². The van der Waals surface area contributed by atoms with Gasteiger partial charge in [-0.05, 0) is 24.4 Å². The summed E-state index contributed by atoms with van der Waals surface area (Å²) in [7, 11) is 3.11. The number of nitrogens with one attached hydrogen (secondary N) is 1. The van der Waals surface area contributed by atoms with Crippen LogP contribution in [0.2, 0.25) is 0 Å². The van der Waals surface area contributed by atoms with Crippen LogP contribution in [0.5, 0.6) is 11.5 Å². The number of carbonyl (C=O) groups excluding carboxylic acids is 2. The van der Waals surface area contributed by atoms with Crippen molar-refractivity contribution >= 4 is 40.5 Å². The topological polar surface area (TPSA) is 102 Å². The smallest absolute Gasteiger partial charge is 0.232 e. The van der Waals surface area contributed by atoms with Crippen LogP contribution in [0.4, 0.5) is 5.13 Å². The molecule has 3 aromatic rings. The fourth-order valence-corrected chi connectivity index (χ4v) is 3.74. The molecule has 2 heterocycles. The van der Waals surface area contributed by atoms with E-state index < -0.39 is 11.8 Å². The summed E-state index contributed by atoms with van der Waals surface area (Å²) in [5.74, 6) is 0.755. The van der Waals surface area contributed by atoms with E-state index in [1.807, 2.05) is 0 Å². The molecule has 0 saturated carbocycles. The molecule has 1 aromatic carbocycles. The molecule has 2 amide bonds. The zero-order valence-electron chi connectivity index (χ0n) is 15.5. The van der Waals surface area contributed by atoms with Gasteiger partial charge >= 0.3 is 0 Å². The monoisotopic (exact) mass is 419 g/mol. The summed E-state index contributed by atoms with van der Waals surface area (Å²) in [6.45, 7) is 2.61. The third-order valence-corrected chi connectivity index (χ3v) is 4.94. The SMILES string of the molecule is COc1ccc(-n2c(-c3csc(N(C(C)=O)C(C)=O)n3)n[nH]c2=S)c(OC)c1. The van der Waals surface area contributed by atoms with Crippen molar-refractivity contribution in [3.05, 3.63) is 28.4 Å². The van der Waals surface area contributed by atoms with Gasteiger partial charge in [-0.2, -0.15) is 5.10 Å². The Bertz CT molecular complexity index is 1090. The highest BCUT2D eigenvalue weighted by molar-refractivity contribution is 7.71. The first kappa shape index (κ1) is 19.7. The fraction of sp³-hybridized carbons (Fsp3) is 0.235. The maximum absolute atomic E-state index is 11.8. The average Bonchev–Trinajstić information content (AvgIpc) is 3.27. The van der Waals surface area contributed by atoms with E-state index in [-0.39, 0.29) is 5.13 Å². The Labute approximate surface area is 169 Å². The van der Waals surface area contributed by atoms with Gasteiger partial charge in [0.1, 0.15) is 17.2 Å². The van der Waals surface area contributed by atoms with Gasteiger partial charge in [-0.1, -0.05) is 0 Å². The van der Waals surface area contributed by atoms with Crippen molar-refractivity contribution in [3.8, 4) is 28.7 Å². The number of carbonyl (C=O) groups is 2. The Morgan fingerprint density at radius 3 is 2.54 bits per heavy atom. The predicted molar refractivity (Wildman–Crippen MR) is 107 cm³/mol. The number of hydrogen-bond donors (Lipinski definition) is 1. The highest BCUT2D eigenvalue weighted by atomic mass is 32.1. The standard InChI is InChI=1S/C17H17N5O4S2/c1-9(23)21(10(2)24)17-18-12(8-28-17)15-19-20-16(27)22(15)13-6-5-11(25-3)7-14(13)26-4/h5-8H,1-4H3,(H,20,27). The minimum atomic E-state index is -0.413. The van der Waals surface area contributed by atoms with Crippen molar-refractivity contribution in [1.82, 2.24) is 19.7 Å². The molecule has 9 nitrogen and oxygen atoms in total. The summed E-state index contributed by atoms with van der Waals surface area (Å²) in [4.78, 5) is 28.9. The minimum Gasteiger partial charge on any atom is -0.497 e. The number of aromatic nitrogens is 4. The van der Waals surface area contributed by atoms with Gasteiger partial charge in [0.15, 0.2) is 15.7 Å². The molecule has 11 heteroatoms. The van der Waals surface area contributed by atoms with E-state index in [1.165, 1.54) is 13.8 Å². The van der Waals surface area contributed by atoms with Crippen LogP contribution in [-0.2, 0) is 9.59 Å². The highest BCUT2D eigenvalue weighted by Crippen LogP contribution is 2.33. The molecule has 0 fully saturated rings. The van der Waals surface area contributed by atoms with Crippen LogP contribution in [-0.4, -0.2) is 45.8 Å². The Kier molecular flexibility index (Phi) is 5.56. The fourth-order valence-electron chi connectivity index (χ4n) is 2.62. The summed E-state index contributed by atoms with van der Waals surface area (Å²) >= 11 is 6.54. The van der Waals surface area contributed by atoms with Gasteiger partial charge in [0, 0.05) is 25.3 Å². The minimum absolute atomic E-state index is 0.261. The predicted octanol–water partition coefficient (Wildman–Crippen LogP) is 2.97. The summed E-state index contributed by atoms with van der Waals surface area (Å²) in [5, 5.41) is 8.96. The van der Waals surface area contributed by atoms with Crippen LogP contribution in [0.3, 0.4) is 0 Å². The van der Waals surface area contributed by atoms with E-state index in [4.69, 9.17) is 21.7 Å². The van der Waals surface area contributed by atoms with Crippen LogP contribution < -0.4 is 14.4 Å². The van der Waals surface area contributed by atoms with Crippen LogP contribution in [0, 0.1) is 4.77 Å². The zero-order chi connectivity index (χ0) is 20.4. The van der Waals surface area contributed by atoms with Gasteiger partial charge in [-0.3, -0.25) is 19.3 Å². The molecule has 0 spiro atoms. The van der Waals surface area contributed by atoms with Gasteiger partial charge in [0.25, 0.3) is 0 Å². The maximum atomic E-state index is 11.8. The third kappa shape index (κ3) is 3.53. The number of methoxy groups -OCH3 is 2. The van der Waals surface area contributed by atoms with Crippen LogP contribution in [0.25, 0.3) is 17.2 Å². The van der Waals surface area contributed by atoms with Crippen LogP contribution >= 0.6 is 23.6 Å². The number of benzene rings is 1. The van der Waals surface area contributed by atoms with Crippen LogP contribution in [0.15, 0.2) is 23.6 Å². The molecule has 1 N–H and O–H groups in total. The number of amides is 2. The molecular weight excluding hydrogens is 402 g/mol. The van der Waals surface area contributed by atoms with Crippen molar-refractivity contribution in [1.29, 1.82) is 0 Å². The summed E-state index contributed by atoms with van der Waals surface area (Å²) in [6.07, 6.45) is 0. The van der Waals surface area contributed by atoms with Gasteiger partial charge in [0.05, 0.1) is 19.9 Å². The second-order valence-electron chi connectivity index (χ2n) is 5.61. The lowest BCUT2D eigenvalue weighted by molar-refractivity contribution is -0.124. The molecular formula is C17H17N5O4S2. The van der Waals surface area contributed by atoms with E-state index in [1.54, 1.807) is 42.4 Å². The summed E-state index contributed by atoms with van der Waals surface area (Å²) in [6, 6.07) is 5.29. The Morgan fingerprint density at radius 2 is 1.93 bits per heavy atom. The van der Waals surface area contributed by atoms with Crippen LogP contribution in [0.1, 0.15) is 13.8 Å². The second kappa shape index (κ2) is 7.90. The molecule has 28 heavy (non-hydrogen) atoms. The van der Waals surface area contributed by atoms with Crippen molar-refractivity contribution in [2.24, 2.45) is 0 Å². The van der Waals surface area contributed by atoms with Gasteiger partial charge in [-0.25, -0.2) is 9.88 Å². The lowest BCUT2D eigenvalue weighted by Crippen LogP contribution is -2.32. The molecule has 0 aliphatic heterocycles. The molecule has 146 valence electrons. The largest absolute Gasteiger partial charge is 0.497 e. The average molecular weight is 419 g/mol. The summed E-state index contributed by atoms with van der Waals surface area (Å²) in [5.41, 5.74) is 1.10. The molecule has 0 saturated heterocycles. The van der Waals surface area contributed by atoms with Gasteiger partial charge in [-0.15, -0.1) is 11.3 Å². The molecule has 0 aliphatic rings. The quantitative estimate of drug-likeness (QED) is 0.634. The molecule has 3 rings (SSSR count). The van der Waals surface area contributed by atoms with E-state index in [0.717, 1.165) is 16.2 Å². The number of rotatable bonds is 5. The van der Waals surface area contributed by atoms with Crippen molar-refractivity contribution in [2.75, 3.05) is 19.1 Å². The zero-order valence-corrected chi connectivity index (χ0v) is 17.2. The Morgan fingerprint density at radius 1 is 1.21 bits per heavy atom. The normalized spacial score (nSPS) is 10.6. The van der Waals surface area contributed by atoms with E-state index in [0.29, 0.717) is 33.5 Å². The first-order valence-corrected chi connectivity index (χ1v) is 9.33. The molecule has 0 bridgehead atoms. The number of aromatic amines is 1. The van der Waals surface area contributed by atoms with Crippen molar-refractivity contribution in [2.45, 2.75) is 13.8 Å². The van der Waals surface area contributed by atoms with E-state index in [2.05, 4.69) is 15.2 Å². The maximum Gasteiger partial charge on any atom is 0.232 e. The highest BCUT2D eigenvalue weighted by Gasteiger charge is 2.23. The Hall–Kier alpha value is -3.05. The number of nitrogens with zero attached hydrogens (tertiary/aromatic N) is 4. The van der Waals surface area contributed by atoms with Gasteiger partial charge in [0.2, 0.25) is 11.8 Å². The third-order valence-electron chi connectivity index (χ3n) is 3.84. The number of imide groups is 1. The van der Waals surface area contributed by atoms with E-state index in [9.17, 15) is 9.59 Å². The molecule has 2 aromatic heterocycles. The lowest BCUT2D eigenvalue weighted by atomic mass is 10.2. The Balaban J connectivity index is 2.12. The first-order valence-electron chi connectivity index (χ1n) is 8.04. The number of H-pyrrole nitrogens is 1. The van der Waals surface area contributed by atoms with Crippen molar-refractivity contribution < 1.29 is 19.1 Å².